The summed E-state index contributed by atoms with van der Waals surface area (Å²) in [6.07, 6.45) is -1.15. The minimum absolute atomic E-state index is 0.0426. The van der Waals surface area contributed by atoms with Crippen LogP contribution >= 0.6 is 0 Å². The van der Waals surface area contributed by atoms with Crippen LogP contribution < -0.4 is 24.5 Å². The predicted molar refractivity (Wildman–Crippen MR) is 128 cm³/mol. The van der Waals surface area contributed by atoms with Gasteiger partial charge in [0.15, 0.2) is 17.6 Å². The molecule has 2 saturated heterocycles. The highest BCUT2D eigenvalue weighted by atomic mass is 16.7. The maximum absolute atomic E-state index is 13.8. The zero-order valence-corrected chi connectivity index (χ0v) is 19.8. The number of aromatic carboxylic acids is 1. The van der Waals surface area contributed by atoms with Crippen LogP contribution in [0.25, 0.3) is 0 Å². The maximum Gasteiger partial charge on any atom is 0.266 e. The number of carboxylic acid groups (broad SMARTS) is 1. The zero-order chi connectivity index (χ0) is 25.6. The Kier molecular flexibility index (Phi) is 5.85. The number of amides is 2. The first-order chi connectivity index (χ1) is 17.4. The van der Waals surface area contributed by atoms with Crippen LogP contribution in [-0.2, 0) is 14.4 Å². The number of nitrogens with zero attached hydrogens (tertiary/aromatic N) is 2. The van der Waals surface area contributed by atoms with E-state index in [1.165, 1.54) is 25.3 Å². The lowest BCUT2D eigenvalue weighted by molar-refractivity contribution is -0.255. The summed E-state index contributed by atoms with van der Waals surface area (Å²) < 4.78 is 10.6. The highest BCUT2D eigenvalue weighted by Crippen LogP contribution is 2.50. The third kappa shape index (κ3) is 3.47. The average Bonchev–Trinajstić information content (AvgIpc) is 3.39. The topological polar surface area (TPSA) is 108 Å². The van der Waals surface area contributed by atoms with Gasteiger partial charge in [0.1, 0.15) is 5.92 Å². The molecule has 2 fully saturated rings. The van der Waals surface area contributed by atoms with Crippen LogP contribution in [0.5, 0.6) is 11.5 Å². The summed E-state index contributed by atoms with van der Waals surface area (Å²) >= 11 is 0. The van der Waals surface area contributed by atoms with Crippen molar-refractivity contribution in [3.05, 3.63) is 83.4 Å². The van der Waals surface area contributed by atoms with Crippen molar-refractivity contribution in [2.75, 3.05) is 24.2 Å². The van der Waals surface area contributed by atoms with Crippen molar-refractivity contribution >= 4 is 29.2 Å². The molecule has 0 unspecified atom stereocenters. The van der Waals surface area contributed by atoms with Gasteiger partial charge >= 0.3 is 0 Å². The van der Waals surface area contributed by atoms with E-state index in [1.807, 2.05) is 12.1 Å². The predicted octanol–water partition coefficient (Wildman–Crippen LogP) is 2.43. The number of methoxy groups -OCH3 is 2. The van der Waals surface area contributed by atoms with Gasteiger partial charge < -0.3 is 19.4 Å². The van der Waals surface area contributed by atoms with Gasteiger partial charge in [-0.2, -0.15) is 0 Å². The zero-order valence-electron chi connectivity index (χ0n) is 19.8. The Morgan fingerprint density at radius 2 is 1.61 bits per heavy atom. The number of carbonyl (C=O) groups is 3. The normalized spacial score (nSPS) is 21.0. The Bertz CT molecular complexity index is 1360. The molecule has 2 aliphatic heterocycles. The summed E-state index contributed by atoms with van der Waals surface area (Å²) in [5.74, 6) is -3.38. The second-order valence-electron chi connectivity index (χ2n) is 8.51. The van der Waals surface area contributed by atoms with Crippen molar-refractivity contribution in [1.29, 1.82) is 0 Å². The number of carboxylic acids is 1. The van der Waals surface area contributed by atoms with Gasteiger partial charge in [0, 0.05) is 5.56 Å². The number of hydrogen-bond donors (Lipinski definition) is 0. The Hall–Kier alpha value is -4.37. The lowest BCUT2D eigenvalue weighted by Crippen LogP contribution is -2.38. The number of anilines is 2. The molecule has 2 aliphatic rings. The SMILES string of the molecule is COc1ccc([C@@H]2[C@@H]3C(=O)N(c4ccccc4C)C(=O)[C@@H]3ON2c2ccccc2)c(C(=O)[O-])c1OC. The third-order valence-electron chi connectivity index (χ3n) is 6.58. The quantitative estimate of drug-likeness (QED) is 0.488. The Morgan fingerprint density at radius 1 is 0.917 bits per heavy atom. The van der Waals surface area contributed by atoms with E-state index in [2.05, 4.69) is 0 Å². The van der Waals surface area contributed by atoms with Crippen molar-refractivity contribution < 1.29 is 33.8 Å². The molecule has 5 rings (SSSR count). The minimum Gasteiger partial charge on any atom is -0.545 e. The lowest BCUT2D eigenvalue weighted by atomic mass is 9.87. The van der Waals surface area contributed by atoms with Crippen LogP contribution in [-0.4, -0.2) is 38.1 Å². The first-order valence-corrected chi connectivity index (χ1v) is 11.3. The molecule has 3 aromatic carbocycles. The molecule has 36 heavy (non-hydrogen) atoms. The molecular weight excluding hydrogens is 464 g/mol. The van der Waals surface area contributed by atoms with Crippen LogP contribution in [0.1, 0.15) is 27.5 Å². The van der Waals surface area contributed by atoms with E-state index in [0.717, 1.165) is 10.5 Å². The number of hydroxylamine groups is 1. The molecular formula is C27H23N2O7-. The summed E-state index contributed by atoms with van der Waals surface area (Å²) in [5, 5.41) is 13.8. The average molecular weight is 487 g/mol. The maximum atomic E-state index is 13.8. The second-order valence-corrected chi connectivity index (χ2v) is 8.51. The molecule has 9 nitrogen and oxygen atoms in total. The lowest BCUT2D eigenvalue weighted by Gasteiger charge is -2.31. The number of hydrogen-bond acceptors (Lipinski definition) is 8. The highest BCUT2D eigenvalue weighted by Gasteiger charge is 2.61. The van der Waals surface area contributed by atoms with Crippen LogP contribution in [0.2, 0.25) is 0 Å². The monoisotopic (exact) mass is 487 g/mol. The van der Waals surface area contributed by atoms with Crippen molar-refractivity contribution in [2.45, 2.75) is 19.1 Å². The van der Waals surface area contributed by atoms with Crippen molar-refractivity contribution in [3.8, 4) is 11.5 Å². The summed E-state index contributed by atoms with van der Waals surface area (Å²) in [6.45, 7) is 1.81. The van der Waals surface area contributed by atoms with E-state index in [9.17, 15) is 19.5 Å². The van der Waals surface area contributed by atoms with Gasteiger partial charge in [0.2, 0.25) is 5.91 Å². The number of carbonyl (C=O) groups excluding carboxylic acids is 3. The summed E-state index contributed by atoms with van der Waals surface area (Å²) in [4.78, 5) is 47.0. The Labute approximate surface area is 207 Å². The number of ether oxygens (including phenoxy) is 2. The molecule has 0 spiro atoms. The molecule has 2 heterocycles. The number of aryl methyl sites for hydroxylation is 1. The van der Waals surface area contributed by atoms with Gasteiger partial charge in [0.05, 0.1) is 37.6 Å². The van der Waals surface area contributed by atoms with Gasteiger partial charge in [0.25, 0.3) is 5.91 Å². The first kappa shape index (κ1) is 23.4. The molecule has 184 valence electrons. The van der Waals surface area contributed by atoms with E-state index in [1.54, 1.807) is 55.5 Å². The Morgan fingerprint density at radius 3 is 2.25 bits per heavy atom. The largest absolute Gasteiger partial charge is 0.545 e. The van der Waals surface area contributed by atoms with Crippen molar-refractivity contribution in [2.24, 2.45) is 5.92 Å². The molecule has 3 aromatic rings. The van der Waals surface area contributed by atoms with Crippen LogP contribution in [0.4, 0.5) is 11.4 Å². The molecule has 3 atom stereocenters. The van der Waals surface area contributed by atoms with Gasteiger partial charge in [-0.3, -0.25) is 14.4 Å². The van der Waals surface area contributed by atoms with E-state index in [4.69, 9.17) is 14.3 Å². The number of fused-ring (bicyclic) bond motifs is 1. The van der Waals surface area contributed by atoms with Gasteiger partial charge in [-0.25, -0.2) is 9.96 Å². The van der Waals surface area contributed by atoms with Gasteiger partial charge in [-0.05, 0) is 42.3 Å². The Balaban J connectivity index is 1.70. The highest BCUT2D eigenvalue weighted by molar-refractivity contribution is 6.24. The van der Waals surface area contributed by atoms with E-state index >= 15 is 0 Å². The summed E-state index contributed by atoms with van der Waals surface area (Å²) in [5.41, 5.74) is 1.69. The molecule has 0 radical (unpaired) electrons. The van der Waals surface area contributed by atoms with E-state index < -0.39 is 35.8 Å². The fourth-order valence-corrected chi connectivity index (χ4v) is 4.98. The van der Waals surface area contributed by atoms with Gasteiger partial charge in [-0.1, -0.05) is 42.5 Å². The van der Waals surface area contributed by atoms with Crippen LogP contribution in [0.3, 0.4) is 0 Å². The summed E-state index contributed by atoms with van der Waals surface area (Å²) in [7, 11) is 2.71. The molecule has 0 aromatic heterocycles. The number of imide groups is 1. The molecule has 0 saturated carbocycles. The van der Waals surface area contributed by atoms with Crippen molar-refractivity contribution in [1.82, 2.24) is 0 Å². The van der Waals surface area contributed by atoms with Crippen molar-refractivity contribution in [3.63, 3.8) is 0 Å². The number of rotatable bonds is 6. The van der Waals surface area contributed by atoms with Gasteiger partial charge in [-0.15, -0.1) is 0 Å². The first-order valence-electron chi connectivity index (χ1n) is 11.3. The standard InChI is InChI=1S/C27H24N2O7/c1-15-9-7-8-12-18(15)28-25(30)21-22(17-13-14-19(34-2)23(35-3)20(17)27(32)33)29(36-24(21)26(28)31)16-10-5-4-6-11-16/h4-14,21-22,24H,1-3H3,(H,32,33)/p-1/t21-,22+,24+/m0/s1. The van der Waals surface area contributed by atoms with E-state index in [-0.39, 0.29) is 22.6 Å². The summed E-state index contributed by atoms with van der Waals surface area (Å²) in [6, 6.07) is 18.1. The fraction of sp³-hybridized carbons (Fsp3) is 0.222. The smallest absolute Gasteiger partial charge is 0.266 e. The molecule has 2 amide bonds. The van der Waals surface area contributed by atoms with Crippen LogP contribution in [0.15, 0.2) is 66.7 Å². The third-order valence-corrected chi connectivity index (χ3v) is 6.58. The number of para-hydroxylation sites is 2. The van der Waals surface area contributed by atoms with Crippen LogP contribution in [0, 0.1) is 12.8 Å². The molecule has 0 bridgehead atoms. The molecule has 9 heteroatoms. The molecule has 0 aliphatic carbocycles. The fourth-order valence-electron chi connectivity index (χ4n) is 4.98. The number of benzene rings is 3. The van der Waals surface area contributed by atoms with E-state index in [0.29, 0.717) is 11.4 Å². The molecule has 0 N–H and O–H groups in total. The second kappa shape index (κ2) is 9.01. The minimum atomic E-state index is -1.51.